The molecule has 1 saturated carbocycles. The van der Waals surface area contributed by atoms with Crippen LogP contribution in [0.15, 0.2) is 48.5 Å². The summed E-state index contributed by atoms with van der Waals surface area (Å²) in [5.74, 6) is -0.183. The van der Waals surface area contributed by atoms with Crippen LogP contribution in [-0.2, 0) is 16.4 Å². The molecule has 2 atom stereocenters. The van der Waals surface area contributed by atoms with E-state index in [0.29, 0.717) is 17.7 Å². The highest BCUT2D eigenvalue weighted by Gasteiger charge is 2.53. The maximum Gasteiger partial charge on any atom is 0.317 e. The summed E-state index contributed by atoms with van der Waals surface area (Å²) in [6.45, 7) is 2.32. The van der Waals surface area contributed by atoms with E-state index in [2.05, 4.69) is 10.0 Å². The van der Waals surface area contributed by atoms with Crippen LogP contribution >= 0.6 is 0 Å². The molecule has 166 valence electrons. The molecule has 2 bridgehead atoms. The van der Waals surface area contributed by atoms with Gasteiger partial charge < -0.3 is 10.2 Å². The lowest BCUT2D eigenvalue weighted by atomic mass is 9.67. The molecule has 6 nitrogen and oxygen atoms in total. The zero-order chi connectivity index (χ0) is 22.2. The average Bonchev–Trinajstić information content (AvgIpc) is 2.69. The van der Waals surface area contributed by atoms with E-state index >= 15 is 4.39 Å². The van der Waals surface area contributed by atoms with Crippen molar-refractivity contribution < 1.29 is 17.6 Å². The van der Waals surface area contributed by atoms with Gasteiger partial charge in [-0.1, -0.05) is 48.5 Å². The number of hydrogen-bond acceptors (Lipinski definition) is 3. The number of halogens is 1. The van der Waals surface area contributed by atoms with Gasteiger partial charge in [-0.15, -0.1) is 0 Å². The molecule has 2 saturated heterocycles. The van der Waals surface area contributed by atoms with Gasteiger partial charge >= 0.3 is 6.03 Å². The zero-order valence-electron chi connectivity index (χ0n) is 17.7. The molecule has 0 aromatic heterocycles. The Labute approximate surface area is 182 Å². The summed E-state index contributed by atoms with van der Waals surface area (Å²) in [4.78, 5) is 14.6. The van der Waals surface area contributed by atoms with Gasteiger partial charge in [0.1, 0.15) is 5.82 Å². The maximum atomic E-state index is 15.5. The van der Waals surface area contributed by atoms with Crippen molar-refractivity contribution in [1.82, 2.24) is 14.9 Å². The fourth-order valence-electron chi connectivity index (χ4n) is 4.92. The quantitative estimate of drug-likeness (QED) is 0.717. The molecule has 5 rings (SSSR count). The van der Waals surface area contributed by atoms with E-state index in [1.165, 1.54) is 0 Å². The van der Waals surface area contributed by atoms with Crippen LogP contribution in [0.5, 0.6) is 0 Å². The fourth-order valence-corrected chi connectivity index (χ4v) is 5.76. The number of piperidine rings is 2. The number of urea groups is 1. The third-order valence-electron chi connectivity index (χ3n) is 6.33. The molecular formula is C23H28FN3O3S. The lowest BCUT2D eigenvalue weighted by Crippen LogP contribution is -2.71. The third-order valence-corrected chi connectivity index (χ3v) is 7.03. The van der Waals surface area contributed by atoms with Crippen molar-refractivity contribution in [3.63, 3.8) is 0 Å². The summed E-state index contributed by atoms with van der Waals surface area (Å²) in [5.41, 5.74) is 1.75. The highest BCUT2D eigenvalue weighted by atomic mass is 32.2. The number of sulfonamides is 1. The summed E-state index contributed by atoms with van der Waals surface area (Å²) < 4.78 is 42.4. The van der Waals surface area contributed by atoms with Crippen LogP contribution in [0.1, 0.15) is 25.3 Å². The highest BCUT2D eigenvalue weighted by molar-refractivity contribution is 7.88. The Balaban J connectivity index is 1.70. The molecule has 2 aromatic carbocycles. The number of carbonyl (C=O) groups is 1. The molecule has 0 radical (unpaired) electrons. The van der Waals surface area contributed by atoms with E-state index in [1.807, 2.05) is 37.3 Å². The van der Waals surface area contributed by atoms with E-state index in [9.17, 15) is 13.2 Å². The number of benzene rings is 2. The number of fused-ring (bicyclic) bond motifs is 2. The van der Waals surface area contributed by atoms with Gasteiger partial charge in [0.05, 0.1) is 12.3 Å². The first-order chi connectivity index (χ1) is 14.8. The normalized spacial score (nSPS) is 25.1. The summed E-state index contributed by atoms with van der Waals surface area (Å²) in [5, 5.41) is 2.84. The van der Waals surface area contributed by atoms with Crippen LogP contribution in [-0.4, -0.2) is 50.3 Å². The zero-order valence-corrected chi connectivity index (χ0v) is 18.5. The van der Waals surface area contributed by atoms with E-state index < -0.39 is 22.1 Å². The van der Waals surface area contributed by atoms with Crippen molar-refractivity contribution in [2.45, 2.75) is 44.3 Å². The van der Waals surface area contributed by atoms with Gasteiger partial charge in [0.2, 0.25) is 10.0 Å². The van der Waals surface area contributed by atoms with Crippen LogP contribution in [0.4, 0.5) is 9.18 Å². The van der Waals surface area contributed by atoms with Crippen LogP contribution in [0.3, 0.4) is 0 Å². The molecule has 2 heterocycles. The van der Waals surface area contributed by atoms with Gasteiger partial charge in [0, 0.05) is 24.2 Å². The van der Waals surface area contributed by atoms with Crippen molar-refractivity contribution in [1.29, 1.82) is 0 Å². The van der Waals surface area contributed by atoms with Crippen molar-refractivity contribution in [3.8, 4) is 11.1 Å². The Bertz CT molecular complexity index is 1050. The molecule has 1 aliphatic carbocycles. The molecule has 31 heavy (non-hydrogen) atoms. The van der Waals surface area contributed by atoms with E-state index in [-0.39, 0.29) is 30.2 Å². The lowest BCUT2D eigenvalue weighted by molar-refractivity contribution is -0.0241. The molecule has 3 fully saturated rings. The second-order valence-corrected chi connectivity index (χ2v) is 10.2. The van der Waals surface area contributed by atoms with Gasteiger partial charge in [-0.05, 0) is 43.2 Å². The minimum absolute atomic E-state index is 0.0551. The predicted molar refractivity (Wildman–Crippen MR) is 119 cm³/mol. The molecule has 0 unspecified atom stereocenters. The minimum atomic E-state index is -3.48. The highest BCUT2D eigenvalue weighted by Crippen LogP contribution is 2.44. The van der Waals surface area contributed by atoms with Crippen LogP contribution in [0, 0.1) is 11.7 Å². The first-order valence-corrected chi connectivity index (χ1v) is 12.5. The number of nitrogens with one attached hydrogen (secondary N) is 2. The Hall–Kier alpha value is -2.45. The second-order valence-electron chi connectivity index (χ2n) is 8.46. The molecule has 2 aliphatic heterocycles. The molecule has 2 amide bonds. The van der Waals surface area contributed by atoms with Gasteiger partial charge in [0.15, 0.2) is 0 Å². The molecular weight excluding hydrogens is 417 g/mol. The summed E-state index contributed by atoms with van der Waals surface area (Å²) >= 11 is 0. The lowest BCUT2D eigenvalue weighted by Gasteiger charge is -2.57. The first-order valence-electron chi connectivity index (χ1n) is 10.6. The van der Waals surface area contributed by atoms with Gasteiger partial charge in [-0.2, -0.15) is 0 Å². The van der Waals surface area contributed by atoms with Crippen molar-refractivity contribution in [3.05, 3.63) is 59.9 Å². The standard InChI is InChI=1S/C23H28FN3O3S/c1-3-25-23(28)27-18-12-17(13-18)22(26-31(2,29)30)20(27)14-16-10-7-11-19(21(16)24)15-8-5-4-6-9-15/h4-11,17-18,20,22,26H,3,12-14H2,1-2H3,(H,25,28)/t17?,18?,20-,22-/m0/s1. The molecule has 2 N–H and O–H groups in total. The van der Waals surface area contributed by atoms with Gasteiger partial charge in [-0.25, -0.2) is 22.3 Å². The van der Waals surface area contributed by atoms with E-state index in [1.54, 1.807) is 23.1 Å². The predicted octanol–water partition coefficient (Wildman–Crippen LogP) is 3.15. The number of rotatable bonds is 6. The maximum absolute atomic E-state index is 15.5. The Morgan fingerprint density at radius 3 is 2.48 bits per heavy atom. The van der Waals surface area contributed by atoms with E-state index in [0.717, 1.165) is 24.7 Å². The molecule has 0 spiro atoms. The Morgan fingerprint density at radius 1 is 1.13 bits per heavy atom. The Morgan fingerprint density at radius 2 is 1.84 bits per heavy atom. The minimum Gasteiger partial charge on any atom is -0.338 e. The van der Waals surface area contributed by atoms with E-state index in [4.69, 9.17) is 0 Å². The van der Waals surface area contributed by atoms with Crippen molar-refractivity contribution >= 4 is 16.1 Å². The number of hydrogen-bond donors (Lipinski definition) is 2. The van der Waals surface area contributed by atoms with Gasteiger partial charge in [-0.3, -0.25) is 0 Å². The van der Waals surface area contributed by atoms with Crippen LogP contribution in [0.25, 0.3) is 11.1 Å². The molecule has 3 aliphatic rings. The molecule has 2 aromatic rings. The van der Waals surface area contributed by atoms with Crippen molar-refractivity contribution in [2.24, 2.45) is 5.92 Å². The first kappa shape index (κ1) is 21.8. The monoisotopic (exact) mass is 445 g/mol. The summed E-state index contributed by atoms with van der Waals surface area (Å²) in [6.07, 6.45) is 2.88. The number of amides is 2. The topological polar surface area (TPSA) is 78.5 Å². The van der Waals surface area contributed by atoms with Gasteiger partial charge in [0.25, 0.3) is 0 Å². The van der Waals surface area contributed by atoms with Crippen molar-refractivity contribution in [2.75, 3.05) is 12.8 Å². The summed E-state index contributed by atoms with van der Waals surface area (Å²) in [7, 11) is -3.48. The van der Waals surface area contributed by atoms with Crippen LogP contribution in [0.2, 0.25) is 0 Å². The molecule has 8 heteroatoms. The average molecular weight is 446 g/mol. The fraction of sp³-hybridized carbons (Fsp3) is 0.435. The Kier molecular flexibility index (Phi) is 6.03. The second kappa shape index (κ2) is 8.59. The third kappa shape index (κ3) is 4.45. The summed E-state index contributed by atoms with van der Waals surface area (Å²) in [6, 6.07) is 13.5. The number of nitrogens with zero attached hydrogens (tertiary/aromatic N) is 1. The van der Waals surface area contributed by atoms with Crippen LogP contribution < -0.4 is 10.0 Å². The SMILES string of the molecule is CCNC(=O)N1C2CC(C2)[C@H](NS(C)(=O)=O)[C@@H]1Cc1cccc(-c2ccccc2)c1F. The smallest absolute Gasteiger partial charge is 0.317 e. The largest absolute Gasteiger partial charge is 0.338 e. The number of carbonyl (C=O) groups excluding carboxylic acids is 1.